The third kappa shape index (κ3) is 2.18. The third-order valence-electron chi connectivity index (χ3n) is 2.83. The summed E-state index contributed by atoms with van der Waals surface area (Å²) < 4.78 is 0. The summed E-state index contributed by atoms with van der Waals surface area (Å²) in [4.78, 5) is 0. The Morgan fingerprint density at radius 2 is 2.00 bits per heavy atom. The van der Waals surface area contributed by atoms with E-state index in [1.54, 1.807) is 0 Å². The molecule has 0 heterocycles. The van der Waals surface area contributed by atoms with Crippen LogP contribution in [0, 0.1) is 5.92 Å². The lowest BCUT2D eigenvalue weighted by molar-refractivity contribution is 1.11. The maximum Gasteiger partial charge on any atom is 0.0635 e. The fourth-order valence-corrected chi connectivity index (χ4v) is 2.13. The predicted octanol–water partition coefficient (Wildman–Crippen LogP) is 4.13. The highest BCUT2D eigenvalue weighted by molar-refractivity contribution is 6.33. The summed E-state index contributed by atoms with van der Waals surface area (Å²) in [5.74, 6) is 0.746. The molecule has 2 N–H and O–H groups in total. The van der Waals surface area contributed by atoms with Crippen molar-refractivity contribution in [1.82, 2.24) is 0 Å². The van der Waals surface area contributed by atoms with Crippen LogP contribution in [0.4, 0.5) is 5.69 Å². The maximum atomic E-state index is 5.92. The Morgan fingerprint density at radius 1 is 1.33 bits per heavy atom. The Balaban J connectivity index is 2.43. The lowest BCUT2D eigenvalue weighted by Gasteiger charge is -2.10. The van der Waals surface area contributed by atoms with Gasteiger partial charge in [0, 0.05) is 0 Å². The SMILES string of the molecule is CC(C)=C(c1ccc(Cl)c(N)c1)C1CC1. The van der Waals surface area contributed by atoms with E-state index in [1.165, 1.54) is 29.6 Å². The molecule has 1 aromatic carbocycles. The van der Waals surface area contributed by atoms with Gasteiger partial charge < -0.3 is 5.73 Å². The van der Waals surface area contributed by atoms with Crippen molar-refractivity contribution in [2.75, 3.05) is 5.73 Å². The molecule has 2 heteroatoms. The van der Waals surface area contributed by atoms with Gasteiger partial charge in [-0.25, -0.2) is 0 Å². The minimum Gasteiger partial charge on any atom is -0.398 e. The molecule has 1 saturated carbocycles. The Hall–Kier alpha value is -0.950. The fourth-order valence-electron chi connectivity index (χ4n) is 2.02. The topological polar surface area (TPSA) is 26.0 Å². The van der Waals surface area contributed by atoms with Crippen molar-refractivity contribution in [2.45, 2.75) is 26.7 Å². The van der Waals surface area contributed by atoms with Crippen LogP contribution in [0.25, 0.3) is 5.57 Å². The molecule has 0 aromatic heterocycles. The number of nitrogens with two attached hydrogens (primary N) is 1. The van der Waals surface area contributed by atoms with Gasteiger partial charge in [0.25, 0.3) is 0 Å². The predicted molar refractivity (Wildman–Crippen MR) is 66.9 cm³/mol. The zero-order chi connectivity index (χ0) is 11.0. The maximum absolute atomic E-state index is 5.92. The van der Waals surface area contributed by atoms with Crippen molar-refractivity contribution < 1.29 is 0 Å². The van der Waals surface area contributed by atoms with Crippen molar-refractivity contribution in [2.24, 2.45) is 5.92 Å². The van der Waals surface area contributed by atoms with Crippen molar-refractivity contribution in [3.8, 4) is 0 Å². The lowest BCUT2D eigenvalue weighted by atomic mass is 9.97. The first kappa shape index (κ1) is 10.6. The van der Waals surface area contributed by atoms with E-state index in [-0.39, 0.29) is 0 Å². The normalized spacial score (nSPS) is 15.1. The summed E-state index contributed by atoms with van der Waals surface area (Å²) in [6.45, 7) is 4.33. The molecule has 1 nitrogen and oxygen atoms in total. The van der Waals surface area contributed by atoms with Gasteiger partial charge in [-0.3, -0.25) is 0 Å². The number of allylic oxidation sites excluding steroid dienone is 2. The summed E-state index contributed by atoms with van der Waals surface area (Å²) in [5, 5.41) is 0.641. The Kier molecular flexibility index (Phi) is 2.74. The van der Waals surface area contributed by atoms with Crippen LogP contribution < -0.4 is 5.73 Å². The molecule has 0 aliphatic heterocycles. The average molecular weight is 222 g/mol. The van der Waals surface area contributed by atoms with E-state index in [2.05, 4.69) is 19.9 Å². The molecule has 0 spiro atoms. The van der Waals surface area contributed by atoms with Gasteiger partial charge in [-0.05, 0) is 55.9 Å². The monoisotopic (exact) mass is 221 g/mol. The van der Waals surface area contributed by atoms with E-state index >= 15 is 0 Å². The molecule has 0 radical (unpaired) electrons. The van der Waals surface area contributed by atoms with E-state index in [0.29, 0.717) is 10.7 Å². The van der Waals surface area contributed by atoms with E-state index < -0.39 is 0 Å². The molecule has 0 saturated heterocycles. The molecule has 0 amide bonds. The summed E-state index contributed by atoms with van der Waals surface area (Å²) in [6, 6.07) is 5.94. The van der Waals surface area contributed by atoms with Crippen LogP contribution in [0.2, 0.25) is 5.02 Å². The van der Waals surface area contributed by atoms with Gasteiger partial charge in [-0.2, -0.15) is 0 Å². The summed E-state index contributed by atoms with van der Waals surface area (Å²) >= 11 is 5.92. The Bertz CT molecular complexity index is 413. The van der Waals surface area contributed by atoms with Gasteiger partial charge in [-0.15, -0.1) is 0 Å². The number of hydrogen-bond donors (Lipinski definition) is 1. The Labute approximate surface area is 95.9 Å². The molecule has 0 unspecified atom stereocenters. The molecule has 1 fully saturated rings. The molecular weight excluding hydrogens is 206 g/mol. The average Bonchev–Trinajstić information content (AvgIpc) is 2.95. The van der Waals surface area contributed by atoms with Crippen LogP contribution in [0.3, 0.4) is 0 Å². The largest absolute Gasteiger partial charge is 0.398 e. The van der Waals surface area contributed by atoms with Crippen LogP contribution >= 0.6 is 11.6 Å². The highest BCUT2D eigenvalue weighted by Gasteiger charge is 2.27. The highest BCUT2D eigenvalue weighted by atomic mass is 35.5. The van der Waals surface area contributed by atoms with Crippen LogP contribution in [0.1, 0.15) is 32.3 Å². The number of rotatable bonds is 2. The molecule has 80 valence electrons. The molecule has 1 aromatic rings. The first-order valence-corrected chi connectivity index (χ1v) is 5.70. The number of nitrogen functional groups attached to an aromatic ring is 1. The van der Waals surface area contributed by atoms with Crippen LogP contribution in [0.5, 0.6) is 0 Å². The van der Waals surface area contributed by atoms with E-state index in [9.17, 15) is 0 Å². The van der Waals surface area contributed by atoms with Crippen LogP contribution in [-0.2, 0) is 0 Å². The van der Waals surface area contributed by atoms with Gasteiger partial charge in [0.1, 0.15) is 0 Å². The highest BCUT2D eigenvalue weighted by Crippen LogP contribution is 2.44. The molecule has 0 bridgehead atoms. The van der Waals surface area contributed by atoms with Crippen LogP contribution in [0.15, 0.2) is 23.8 Å². The van der Waals surface area contributed by atoms with E-state index in [4.69, 9.17) is 17.3 Å². The van der Waals surface area contributed by atoms with Crippen molar-refractivity contribution in [3.05, 3.63) is 34.4 Å². The van der Waals surface area contributed by atoms with Gasteiger partial charge in [0.2, 0.25) is 0 Å². The molecule has 1 aliphatic carbocycles. The third-order valence-corrected chi connectivity index (χ3v) is 3.18. The number of halogens is 1. The molecule has 15 heavy (non-hydrogen) atoms. The second-order valence-corrected chi connectivity index (χ2v) is 4.83. The number of anilines is 1. The molecular formula is C13H16ClN. The van der Waals surface area contributed by atoms with Gasteiger partial charge in [0.15, 0.2) is 0 Å². The van der Waals surface area contributed by atoms with Crippen molar-refractivity contribution in [1.29, 1.82) is 0 Å². The minimum absolute atomic E-state index is 0.641. The van der Waals surface area contributed by atoms with Gasteiger partial charge >= 0.3 is 0 Å². The smallest absolute Gasteiger partial charge is 0.0635 e. The lowest BCUT2D eigenvalue weighted by Crippen LogP contribution is -1.93. The zero-order valence-corrected chi connectivity index (χ0v) is 9.93. The van der Waals surface area contributed by atoms with Gasteiger partial charge in [-0.1, -0.05) is 23.2 Å². The first-order chi connectivity index (χ1) is 7.09. The number of benzene rings is 1. The number of hydrogen-bond acceptors (Lipinski definition) is 1. The van der Waals surface area contributed by atoms with Gasteiger partial charge in [0.05, 0.1) is 10.7 Å². The van der Waals surface area contributed by atoms with Crippen molar-refractivity contribution in [3.63, 3.8) is 0 Å². The summed E-state index contributed by atoms with van der Waals surface area (Å²) in [5.41, 5.74) is 10.6. The fraction of sp³-hybridized carbons (Fsp3) is 0.385. The summed E-state index contributed by atoms with van der Waals surface area (Å²) in [6.07, 6.45) is 2.62. The standard InChI is InChI=1S/C13H16ClN/c1-8(2)13(9-3-4-9)10-5-6-11(14)12(15)7-10/h5-7,9H,3-4,15H2,1-2H3. The first-order valence-electron chi connectivity index (χ1n) is 5.32. The second-order valence-electron chi connectivity index (χ2n) is 4.42. The van der Waals surface area contributed by atoms with Crippen LogP contribution in [-0.4, -0.2) is 0 Å². The summed E-state index contributed by atoms with van der Waals surface area (Å²) in [7, 11) is 0. The second kappa shape index (κ2) is 3.90. The molecule has 2 rings (SSSR count). The molecule has 0 atom stereocenters. The molecule has 1 aliphatic rings. The quantitative estimate of drug-likeness (QED) is 0.747. The van der Waals surface area contributed by atoms with E-state index in [0.717, 1.165) is 5.92 Å². The Morgan fingerprint density at radius 3 is 2.47 bits per heavy atom. The minimum atomic E-state index is 0.641. The zero-order valence-electron chi connectivity index (χ0n) is 9.18. The van der Waals surface area contributed by atoms with E-state index in [1.807, 2.05) is 12.1 Å². The van der Waals surface area contributed by atoms with Crippen molar-refractivity contribution >= 4 is 22.9 Å².